The van der Waals surface area contributed by atoms with Crippen molar-refractivity contribution in [2.45, 2.75) is 52.6 Å². The smallest absolute Gasteiger partial charge is 0.384 e. The van der Waals surface area contributed by atoms with Crippen LogP contribution in [-0.2, 0) is 57.1 Å². The number of allylic oxidation sites excluding steroid dienone is 8. The SMILES string of the molecule is COCCc1ccc(C)n1Cc1ccc(F)[c-]c1F.COCCc1ccc(C)n1Cc1ccc(F)[c-]c1F.[C-]1=CC=CC1.[C-]1=CC=CC1.[Ti+4]. The predicted octanol–water partition coefficient (Wildman–Crippen LogP) is 8.83. The molecule has 0 N–H and O–H groups in total. The van der Waals surface area contributed by atoms with Gasteiger partial charge >= 0.3 is 21.7 Å². The normalized spacial score (nSPS) is 12.1. The molecule has 49 heavy (non-hydrogen) atoms. The first-order chi connectivity index (χ1) is 23.2. The molecule has 2 aliphatic rings. The van der Waals surface area contributed by atoms with Crippen molar-refractivity contribution in [3.05, 3.63) is 166 Å². The van der Waals surface area contributed by atoms with Crippen molar-refractivity contribution in [1.29, 1.82) is 0 Å². The van der Waals surface area contributed by atoms with Gasteiger partial charge in [0.25, 0.3) is 0 Å². The number of hydrogen-bond acceptors (Lipinski definition) is 2. The second-order valence-electron chi connectivity index (χ2n) is 10.9. The van der Waals surface area contributed by atoms with Crippen LogP contribution in [-0.4, -0.2) is 36.6 Å². The molecule has 4 aromatic rings. The third-order valence-corrected chi connectivity index (χ3v) is 7.42. The summed E-state index contributed by atoms with van der Waals surface area (Å²) in [5.74, 6) is -2.62. The van der Waals surface area contributed by atoms with Gasteiger partial charge in [-0.25, -0.2) is 41.9 Å². The summed E-state index contributed by atoms with van der Waals surface area (Å²) in [7, 11) is 3.30. The molecule has 2 aromatic carbocycles. The van der Waals surface area contributed by atoms with Gasteiger partial charge in [-0.2, -0.15) is 24.3 Å². The van der Waals surface area contributed by atoms with Crippen molar-refractivity contribution >= 4 is 0 Å². The molecule has 0 saturated carbocycles. The Morgan fingerprint density at radius 2 is 1.02 bits per heavy atom. The molecule has 2 heterocycles. The van der Waals surface area contributed by atoms with Gasteiger partial charge in [-0.1, -0.05) is 0 Å². The summed E-state index contributed by atoms with van der Waals surface area (Å²) in [6, 6.07) is 17.5. The fraction of sp³-hybridized carbons (Fsp3) is 0.300. The zero-order valence-electron chi connectivity index (χ0n) is 28.5. The van der Waals surface area contributed by atoms with Crippen molar-refractivity contribution < 1.29 is 48.8 Å². The van der Waals surface area contributed by atoms with Gasteiger partial charge < -0.3 is 18.6 Å². The van der Waals surface area contributed by atoms with E-state index in [-0.39, 0.29) is 21.7 Å². The van der Waals surface area contributed by atoms with Gasteiger partial charge in [0.1, 0.15) is 0 Å². The van der Waals surface area contributed by atoms with E-state index >= 15 is 0 Å². The van der Waals surface area contributed by atoms with Gasteiger partial charge in [-0.05, 0) is 38.1 Å². The Hall–Kier alpha value is -3.69. The van der Waals surface area contributed by atoms with Gasteiger partial charge in [0.15, 0.2) is 0 Å². The first kappa shape index (κ1) is 41.5. The number of aryl methyl sites for hydroxylation is 2. The van der Waals surface area contributed by atoms with Crippen LogP contribution in [0, 0.1) is 61.4 Å². The molecule has 0 saturated heterocycles. The van der Waals surface area contributed by atoms with E-state index in [0.717, 1.165) is 48.5 Å². The number of methoxy groups -OCH3 is 2. The first-order valence-electron chi connectivity index (χ1n) is 15.7. The van der Waals surface area contributed by atoms with Crippen LogP contribution in [0.1, 0.15) is 46.7 Å². The van der Waals surface area contributed by atoms with E-state index in [2.05, 4.69) is 36.4 Å². The number of nitrogens with zero attached hydrogens (tertiary/aromatic N) is 2. The van der Waals surface area contributed by atoms with E-state index in [1.165, 1.54) is 24.3 Å². The zero-order valence-corrected chi connectivity index (χ0v) is 30.0. The maximum atomic E-state index is 13.6. The van der Waals surface area contributed by atoms with E-state index < -0.39 is 23.3 Å². The number of hydrogen-bond donors (Lipinski definition) is 0. The molecule has 4 nitrogen and oxygen atoms in total. The molecule has 0 spiro atoms. The van der Waals surface area contributed by atoms with Crippen LogP contribution in [0.3, 0.4) is 0 Å². The first-order valence-corrected chi connectivity index (χ1v) is 15.7. The molecule has 0 fully saturated rings. The van der Waals surface area contributed by atoms with Crippen molar-refractivity contribution in [1.82, 2.24) is 9.13 Å². The van der Waals surface area contributed by atoms with E-state index in [4.69, 9.17) is 9.47 Å². The third-order valence-electron chi connectivity index (χ3n) is 7.42. The molecule has 256 valence electrons. The van der Waals surface area contributed by atoms with Crippen LogP contribution >= 0.6 is 0 Å². The molecular weight excluding hydrogens is 664 g/mol. The van der Waals surface area contributed by atoms with Gasteiger partial charge in [0.2, 0.25) is 0 Å². The summed E-state index contributed by atoms with van der Waals surface area (Å²) in [6.45, 7) is 5.90. The van der Waals surface area contributed by atoms with Gasteiger partial charge in [0.05, 0.1) is 13.2 Å². The second-order valence-corrected chi connectivity index (χ2v) is 10.9. The maximum Gasteiger partial charge on any atom is 4.00 e. The number of benzene rings is 2. The van der Waals surface area contributed by atoms with E-state index in [9.17, 15) is 17.6 Å². The van der Waals surface area contributed by atoms with Crippen LogP contribution in [0.4, 0.5) is 17.6 Å². The van der Waals surface area contributed by atoms with Gasteiger partial charge in [-0.15, -0.1) is 48.2 Å². The van der Waals surface area contributed by atoms with Crippen molar-refractivity contribution in [3.63, 3.8) is 0 Å². The van der Waals surface area contributed by atoms with Gasteiger partial charge in [-0.3, -0.25) is 12.2 Å². The largest absolute Gasteiger partial charge is 4.00 e. The average Bonchev–Trinajstić information content (AvgIpc) is 3.91. The molecule has 2 aromatic heterocycles. The number of ether oxygens (including phenoxy) is 2. The molecule has 6 rings (SSSR count). The Balaban J connectivity index is 0.000000260. The van der Waals surface area contributed by atoms with Crippen LogP contribution in [0.15, 0.2) is 85.0 Å². The zero-order chi connectivity index (χ0) is 34.7. The van der Waals surface area contributed by atoms with E-state index in [0.29, 0.717) is 37.4 Å². The quantitative estimate of drug-likeness (QED) is 0.0937. The molecule has 9 heteroatoms. The minimum atomic E-state index is -0.676. The van der Waals surface area contributed by atoms with Crippen molar-refractivity contribution in [2.75, 3.05) is 27.4 Å². The second kappa shape index (κ2) is 22.9. The fourth-order valence-corrected chi connectivity index (χ4v) is 4.76. The molecule has 0 aliphatic heterocycles. The fourth-order valence-electron chi connectivity index (χ4n) is 4.76. The summed E-state index contributed by atoms with van der Waals surface area (Å²) in [5.41, 5.74) is 5.08. The Labute approximate surface area is 303 Å². The third kappa shape index (κ3) is 14.4. The van der Waals surface area contributed by atoms with Crippen LogP contribution in [0.2, 0.25) is 0 Å². The van der Waals surface area contributed by atoms with Crippen molar-refractivity contribution in [2.24, 2.45) is 0 Å². The Morgan fingerprint density at radius 1 is 0.612 bits per heavy atom. The minimum absolute atomic E-state index is 0. The molecule has 0 amide bonds. The predicted molar refractivity (Wildman–Crippen MR) is 181 cm³/mol. The van der Waals surface area contributed by atoms with Gasteiger partial charge in [0, 0.05) is 86.2 Å². The van der Waals surface area contributed by atoms with Crippen molar-refractivity contribution in [3.8, 4) is 0 Å². The molecule has 0 unspecified atom stereocenters. The number of rotatable bonds is 10. The van der Waals surface area contributed by atoms with Crippen LogP contribution in [0.25, 0.3) is 0 Å². The minimum Gasteiger partial charge on any atom is -0.384 e. The van der Waals surface area contributed by atoms with Crippen LogP contribution < -0.4 is 0 Å². The van der Waals surface area contributed by atoms with E-state index in [1.807, 2.05) is 71.6 Å². The Kier molecular flexibility index (Phi) is 19.3. The maximum absolute atomic E-state index is 13.6. The summed E-state index contributed by atoms with van der Waals surface area (Å²) < 4.78 is 67.0. The monoisotopic (exact) mass is 706 g/mol. The molecule has 2 aliphatic carbocycles. The number of aromatic nitrogens is 2. The molecule has 0 radical (unpaired) electrons. The van der Waals surface area contributed by atoms with Crippen LogP contribution in [0.5, 0.6) is 0 Å². The summed E-state index contributed by atoms with van der Waals surface area (Å²) >= 11 is 0. The average molecular weight is 707 g/mol. The summed E-state index contributed by atoms with van der Waals surface area (Å²) in [6.07, 6.45) is 21.5. The number of halogens is 4. The molecule has 0 atom stereocenters. The molecule has 0 bridgehead atoms. The standard InChI is InChI=1S/2C15H16F2NO.2C5H5.Ti/c2*1-11-3-6-14(7-8-19-2)18(11)10-12-4-5-13(16)9-15(12)17;2*1-2-4-5-3-1;/h2*3-6H,7-8,10H2,1-2H3;2*1-3H,4H2;/q4*-1;+4. The van der Waals surface area contributed by atoms with E-state index in [1.54, 1.807) is 14.2 Å². The summed E-state index contributed by atoms with van der Waals surface area (Å²) in [4.78, 5) is 0. The topological polar surface area (TPSA) is 28.3 Å². The summed E-state index contributed by atoms with van der Waals surface area (Å²) in [5, 5.41) is 0. The Bertz CT molecular complexity index is 1540. The Morgan fingerprint density at radius 3 is 1.31 bits per heavy atom. The molecular formula is C40H42F4N2O2Ti.